The molecular weight excluding hydrogens is 302 g/mol. The third-order valence-corrected chi connectivity index (χ3v) is 3.82. The van der Waals surface area contributed by atoms with Crippen molar-refractivity contribution in [2.75, 3.05) is 0 Å². The van der Waals surface area contributed by atoms with E-state index in [-0.39, 0.29) is 0 Å². The number of carbonyl (C=O) groups is 1. The number of hydrogen-bond acceptors (Lipinski definition) is 3. The Morgan fingerprint density at radius 2 is 1.62 bits per heavy atom. The number of aromatic nitrogens is 3. The lowest BCUT2D eigenvalue weighted by Crippen LogP contribution is -1.96. The minimum Gasteiger partial charge on any atom is -0.478 e. The van der Waals surface area contributed by atoms with Gasteiger partial charge in [0.2, 0.25) is 0 Å². The number of hydrogen-bond donors (Lipinski definition) is 2. The Hall–Kier alpha value is -2.69. The lowest BCUT2D eigenvalue weighted by Gasteiger charge is -2.04. The SMILES string of the molecule is CC(C)c1ccc(C(=O)O)cc1.CC(C)c1cccc2n[nH]nc12. The molecule has 0 aliphatic rings. The van der Waals surface area contributed by atoms with Gasteiger partial charge in [0.15, 0.2) is 0 Å². The van der Waals surface area contributed by atoms with Crippen LogP contribution in [0, 0.1) is 0 Å². The van der Waals surface area contributed by atoms with Crippen LogP contribution in [-0.2, 0) is 0 Å². The van der Waals surface area contributed by atoms with Crippen LogP contribution in [0.25, 0.3) is 11.0 Å². The van der Waals surface area contributed by atoms with Gasteiger partial charge in [0.05, 0.1) is 5.56 Å². The number of fused-ring (bicyclic) bond motifs is 1. The van der Waals surface area contributed by atoms with Crippen LogP contribution in [0.15, 0.2) is 42.5 Å². The molecule has 0 unspecified atom stereocenters. The summed E-state index contributed by atoms with van der Waals surface area (Å²) < 4.78 is 0. The Labute approximate surface area is 141 Å². The number of nitrogens with one attached hydrogen (secondary N) is 1. The number of carboxylic acids is 1. The van der Waals surface area contributed by atoms with E-state index in [2.05, 4.69) is 49.2 Å². The normalized spacial score (nSPS) is 10.8. The van der Waals surface area contributed by atoms with Crippen molar-refractivity contribution in [3.63, 3.8) is 0 Å². The van der Waals surface area contributed by atoms with E-state index in [0.717, 1.165) is 11.0 Å². The van der Waals surface area contributed by atoms with Crippen molar-refractivity contribution in [3.05, 3.63) is 59.2 Å². The van der Waals surface area contributed by atoms with Crippen molar-refractivity contribution in [3.8, 4) is 0 Å². The molecule has 0 fully saturated rings. The third kappa shape index (κ3) is 4.19. The number of nitrogens with zero attached hydrogens (tertiary/aromatic N) is 2. The lowest BCUT2D eigenvalue weighted by molar-refractivity contribution is 0.0697. The second kappa shape index (κ2) is 7.73. The van der Waals surface area contributed by atoms with Crippen LogP contribution in [-0.4, -0.2) is 26.5 Å². The van der Waals surface area contributed by atoms with Gasteiger partial charge in [-0.15, -0.1) is 0 Å². The summed E-state index contributed by atoms with van der Waals surface area (Å²) in [5.41, 5.74) is 4.70. The summed E-state index contributed by atoms with van der Waals surface area (Å²) >= 11 is 0. The molecule has 3 aromatic rings. The zero-order valence-electron chi connectivity index (χ0n) is 14.4. The maximum Gasteiger partial charge on any atom is 0.335 e. The molecule has 0 saturated heterocycles. The molecule has 126 valence electrons. The highest BCUT2D eigenvalue weighted by molar-refractivity contribution is 5.87. The number of benzene rings is 2. The highest BCUT2D eigenvalue weighted by Crippen LogP contribution is 2.21. The first-order chi connectivity index (χ1) is 11.4. The van der Waals surface area contributed by atoms with E-state index >= 15 is 0 Å². The fourth-order valence-corrected chi connectivity index (χ4v) is 2.37. The van der Waals surface area contributed by atoms with Crippen molar-refractivity contribution in [2.45, 2.75) is 39.5 Å². The molecule has 0 saturated carbocycles. The van der Waals surface area contributed by atoms with Gasteiger partial charge in [-0.2, -0.15) is 15.4 Å². The largest absolute Gasteiger partial charge is 0.478 e. The maximum atomic E-state index is 10.5. The van der Waals surface area contributed by atoms with Crippen molar-refractivity contribution in [1.82, 2.24) is 15.4 Å². The van der Waals surface area contributed by atoms with E-state index in [1.54, 1.807) is 12.1 Å². The summed E-state index contributed by atoms with van der Waals surface area (Å²) in [5, 5.41) is 19.4. The van der Waals surface area contributed by atoms with Gasteiger partial charge >= 0.3 is 5.97 Å². The molecule has 0 aliphatic heterocycles. The van der Waals surface area contributed by atoms with Gasteiger partial charge in [-0.05, 0) is 41.2 Å². The van der Waals surface area contributed by atoms with Gasteiger partial charge < -0.3 is 5.11 Å². The summed E-state index contributed by atoms with van der Waals surface area (Å²) in [5.74, 6) is 0.0805. The molecule has 0 spiro atoms. The summed E-state index contributed by atoms with van der Waals surface area (Å²) in [6.07, 6.45) is 0. The Bertz CT molecular complexity index is 805. The molecule has 0 aliphatic carbocycles. The molecule has 1 heterocycles. The molecule has 0 amide bonds. The average Bonchev–Trinajstić information content (AvgIpc) is 3.03. The second-order valence-electron chi connectivity index (χ2n) is 6.28. The van der Waals surface area contributed by atoms with Crippen molar-refractivity contribution in [1.29, 1.82) is 0 Å². The van der Waals surface area contributed by atoms with Crippen LogP contribution in [0.2, 0.25) is 0 Å². The zero-order chi connectivity index (χ0) is 17.7. The standard InChI is InChI=1S/C10H12O2.C9H11N3/c1-7(2)8-3-5-9(6-4-8)10(11)12;1-6(2)7-4-3-5-8-9(7)11-12-10-8/h3-7H,1-2H3,(H,11,12);3-6H,1-2H3,(H,10,11,12). The highest BCUT2D eigenvalue weighted by atomic mass is 16.4. The smallest absolute Gasteiger partial charge is 0.335 e. The zero-order valence-corrected chi connectivity index (χ0v) is 14.4. The van der Waals surface area contributed by atoms with E-state index in [0.29, 0.717) is 17.4 Å². The minimum absolute atomic E-state index is 0.347. The lowest BCUT2D eigenvalue weighted by atomic mass is 10.0. The molecule has 24 heavy (non-hydrogen) atoms. The molecule has 2 N–H and O–H groups in total. The molecular formula is C19H23N3O2. The number of carboxylic acid groups (broad SMARTS) is 1. The van der Waals surface area contributed by atoms with E-state index in [1.165, 1.54) is 11.1 Å². The molecule has 5 nitrogen and oxygen atoms in total. The molecule has 5 heteroatoms. The maximum absolute atomic E-state index is 10.5. The van der Waals surface area contributed by atoms with Gasteiger partial charge in [0.25, 0.3) is 0 Å². The Kier molecular flexibility index (Phi) is 5.68. The van der Waals surface area contributed by atoms with Crippen LogP contribution >= 0.6 is 0 Å². The number of aromatic amines is 1. The van der Waals surface area contributed by atoms with E-state index < -0.39 is 5.97 Å². The predicted octanol–water partition coefficient (Wildman–Crippen LogP) is 4.59. The number of rotatable bonds is 3. The molecule has 0 bridgehead atoms. The minimum atomic E-state index is -0.870. The molecule has 1 aromatic heterocycles. The highest BCUT2D eigenvalue weighted by Gasteiger charge is 2.06. The topological polar surface area (TPSA) is 78.9 Å². The number of para-hydroxylation sites is 1. The van der Waals surface area contributed by atoms with E-state index in [9.17, 15) is 4.79 Å². The summed E-state index contributed by atoms with van der Waals surface area (Å²) in [7, 11) is 0. The predicted molar refractivity (Wildman–Crippen MR) is 95.5 cm³/mol. The summed E-state index contributed by atoms with van der Waals surface area (Å²) in [4.78, 5) is 10.5. The van der Waals surface area contributed by atoms with E-state index in [1.807, 2.05) is 24.3 Å². The van der Waals surface area contributed by atoms with Gasteiger partial charge in [-0.25, -0.2) is 4.79 Å². The Morgan fingerprint density at radius 3 is 2.17 bits per heavy atom. The fraction of sp³-hybridized carbons (Fsp3) is 0.316. The summed E-state index contributed by atoms with van der Waals surface area (Å²) in [6, 6.07) is 13.1. The first kappa shape index (κ1) is 17.7. The first-order valence-corrected chi connectivity index (χ1v) is 8.02. The number of H-pyrrole nitrogens is 1. The van der Waals surface area contributed by atoms with Crippen LogP contribution in [0.5, 0.6) is 0 Å². The molecule has 0 atom stereocenters. The van der Waals surface area contributed by atoms with Crippen molar-refractivity contribution in [2.24, 2.45) is 0 Å². The van der Waals surface area contributed by atoms with Crippen LogP contribution < -0.4 is 0 Å². The molecule has 3 rings (SSSR count). The van der Waals surface area contributed by atoms with Gasteiger partial charge in [-0.3, -0.25) is 0 Å². The number of aromatic carboxylic acids is 1. The molecule has 0 radical (unpaired) electrons. The first-order valence-electron chi connectivity index (χ1n) is 8.02. The second-order valence-corrected chi connectivity index (χ2v) is 6.28. The quantitative estimate of drug-likeness (QED) is 0.738. The van der Waals surface area contributed by atoms with Gasteiger partial charge in [-0.1, -0.05) is 52.0 Å². The van der Waals surface area contributed by atoms with E-state index in [4.69, 9.17) is 5.11 Å². The average molecular weight is 325 g/mol. The van der Waals surface area contributed by atoms with Crippen LogP contribution in [0.3, 0.4) is 0 Å². The van der Waals surface area contributed by atoms with Crippen molar-refractivity contribution >= 4 is 17.0 Å². The van der Waals surface area contributed by atoms with Crippen molar-refractivity contribution < 1.29 is 9.90 Å². The Morgan fingerprint density at radius 1 is 0.958 bits per heavy atom. The Balaban J connectivity index is 0.000000174. The third-order valence-electron chi connectivity index (χ3n) is 3.82. The fourth-order valence-electron chi connectivity index (χ4n) is 2.37. The molecule has 2 aromatic carbocycles. The van der Waals surface area contributed by atoms with Gasteiger partial charge in [0.1, 0.15) is 11.0 Å². The van der Waals surface area contributed by atoms with Crippen LogP contribution in [0.4, 0.5) is 0 Å². The van der Waals surface area contributed by atoms with Gasteiger partial charge in [0, 0.05) is 0 Å². The monoisotopic (exact) mass is 325 g/mol. The van der Waals surface area contributed by atoms with Crippen LogP contribution in [0.1, 0.15) is 61.0 Å². The summed E-state index contributed by atoms with van der Waals surface area (Å²) in [6.45, 7) is 8.47.